The number of para-hydroxylation sites is 1. The third-order valence-electron chi connectivity index (χ3n) is 3.61. The molecule has 0 unspecified atom stereocenters. The van der Waals surface area contributed by atoms with Crippen LogP contribution in [0.25, 0.3) is 0 Å². The highest BCUT2D eigenvalue weighted by Gasteiger charge is 2.13. The topological polar surface area (TPSA) is 44.4 Å². The molecule has 1 heterocycles. The predicted octanol–water partition coefficient (Wildman–Crippen LogP) is 1.87. The first kappa shape index (κ1) is 15.0. The van der Waals surface area contributed by atoms with Gasteiger partial charge in [-0.15, -0.1) is 0 Å². The fourth-order valence-electron chi connectivity index (χ4n) is 2.58. The van der Waals surface area contributed by atoms with Crippen molar-refractivity contribution in [1.82, 2.24) is 10.2 Å². The fourth-order valence-corrected chi connectivity index (χ4v) is 2.58. The van der Waals surface area contributed by atoms with Crippen LogP contribution in [0, 0.1) is 0 Å². The molecule has 0 aliphatic carbocycles. The van der Waals surface area contributed by atoms with E-state index in [1.165, 1.54) is 5.56 Å². The Morgan fingerprint density at radius 3 is 3.00 bits per heavy atom. The molecule has 2 rings (SSSR count). The average Bonchev–Trinajstić information content (AvgIpc) is 2.70. The largest absolute Gasteiger partial charge is 0.325 e. The molecule has 4 heteroatoms. The molecule has 0 radical (unpaired) electrons. The SMILES string of the molecule is CCCc1ccccc1NC(=O)CN1CCCNCC1. The van der Waals surface area contributed by atoms with E-state index in [2.05, 4.69) is 28.5 Å². The molecule has 0 saturated carbocycles. The Morgan fingerprint density at radius 2 is 2.15 bits per heavy atom. The number of hydrogen-bond acceptors (Lipinski definition) is 3. The van der Waals surface area contributed by atoms with Crippen LogP contribution < -0.4 is 10.6 Å². The van der Waals surface area contributed by atoms with Gasteiger partial charge in [-0.25, -0.2) is 0 Å². The summed E-state index contributed by atoms with van der Waals surface area (Å²) in [5.41, 5.74) is 2.19. The molecule has 1 fully saturated rings. The second kappa shape index (κ2) is 8.02. The molecular weight excluding hydrogens is 250 g/mol. The highest BCUT2D eigenvalue weighted by Crippen LogP contribution is 2.16. The van der Waals surface area contributed by atoms with Crippen molar-refractivity contribution in [1.29, 1.82) is 0 Å². The van der Waals surface area contributed by atoms with Gasteiger partial charge in [-0.3, -0.25) is 9.69 Å². The van der Waals surface area contributed by atoms with Gasteiger partial charge in [-0.1, -0.05) is 31.5 Å². The van der Waals surface area contributed by atoms with E-state index in [9.17, 15) is 4.79 Å². The van der Waals surface area contributed by atoms with Crippen LogP contribution in [0.15, 0.2) is 24.3 Å². The van der Waals surface area contributed by atoms with E-state index < -0.39 is 0 Å². The van der Waals surface area contributed by atoms with Gasteiger partial charge in [-0.05, 0) is 37.6 Å². The first-order valence-electron chi connectivity index (χ1n) is 7.60. The number of rotatable bonds is 5. The molecule has 1 aliphatic heterocycles. The van der Waals surface area contributed by atoms with Gasteiger partial charge in [0.15, 0.2) is 0 Å². The Morgan fingerprint density at radius 1 is 1.30 bits per heavy atom. The molecule has 1 aromatic carbocycles. The van der Waals surface area contributed by atoms with Crippen LogP contribution in [-0.2, 0) is 11.2 Å². The Hall–Kier alpha value is -1.39. The minimum absolute atomic E-state index is 0.0930. The maximum absolute atomic E-state index is 12.2. The Labute approximate surface area is 121 Å². The van der Waals surface area contributed by atoms with Gasteiger partial charge in [0.1, 0.15) is 0 Å². The second-order valence-electron chi connectivity index (χ2n) is 5.34. The van der Waals surface area contributed by atoms with Crippen molar-refractivity contribution in [3.63, 3.8) is 0 Å². The molecule has 1 amide bonds. The average molecular weight is 275 g/mol. The van der Waals surface area contributed by atoms with E-state index in [1.54, 1.807) is 0 Å². The lowest BCUT2D eigenvalue weighted by atomic mass is 10.1. The normalized spacial score (nSPS) is 16.6. The third kappa shape index (κ3) is 4.62. The van der Waals surface area contributed by atoms with Gasteiger partial charge in [0.25, 0.3) is 0 Å². The quantitative estimate of drug-likeness (QED) is 0.862. The molecule has 2 N–H and O–H groups in total. The van der Waals surface area contributed by atoms with Gasteiger partial charge in [-0.2, -0.15) is 0 Å². The predicted molar refractivity (Wildman–Crippen MR) is 83.0 cm³/mol. The lowest BCUT2D eigenvalue weighted by Gasteiger charge is -2.19. The van der Waals surface area contributed by atoms with Crippen molar-refractivity contribution < 1.29 is 4.79 Å². The number of anilines is 1. The molecule has 110 valence electrons. The summed E-state index contributed by atoms with van der Waals surface area (Å²) in [6.45, 7) is 6.61. The Balaban J connectivity index is 1.90. The van der Waals surface area contributed by atoms with Crippen LogP contribution in [-0.4, -0.2) is 43.5 Å². The standard InChI is InChI=1S/C16H25N3O/c1-2-6-14-7-3-4-8-15(14)18-16(20)13-19-11-5-9-17-10-12-19/h3-4,7-8,17H,2,5-6,9-13H2,1H3,(H,18,20). The van der Waals surface area contributed by atoms with Gasteiger partial charge in [0.05, 0.1) is 6.54 Å². The molecule has 1 aromatic rings. The highest BCUT2D eigenvalue weighted by molar-refractivity contribution is 5.93. The van der Waals surface area contributed by atoms with Gasteiger partial charge < -0.3 is 10.6 Å². The number of nitrogens with zero attached hydrogens (tertiary/aromatic N) is 1. The van der Waals surface area contributed by atoms with Crippen LogP contribution in [0.1, 0.15) is 25.3 Å². The van der Waals surface area contributed by atoms with Crippen LogP contribution in [0.2, 0.25) is 0 Å². The van der Waals surface area contributed by atoms with Crippen molar-refractivity contribution in [2.75, 3.05) is 38.0 Å². The lowest BCUT2D eigenvalue weighted by molar-refractivity contribution is -0.117. The van der Waals surface area contributed by atoms with Crippen molar-refractivity contribution in [3.8, 4) is 0 Å². The lowest BCUT2D eigenvalue weighted by Crippen LogP contribution is -2.35. The minimum atomic E-state index is 0.0930. The van der Waals surface area contributed by atoms with Gasteiger partial charge in [0.2, 0.25) is 5.91 Å². The molecule has 0 spiro atoms. The van der Waals surface area contributed by atoms with E-state index >= 15 is 0 Å². The summed E-state index contributed by atoms with van der Waals surface area (Å²) in [5.74, 6) is 0.0930. The van der Waals surface area contributed by atoms with E-state index in [1.807, 2.05) is 18.2 Å². The number of hydrogen-bond donors (Lipinski definition) is 2. The monoisotopic (exact) mass is 275 g/mol. The first-order chi connectivity index (χ1) is 9.79. The van der Waals surface area contributed by atoms with Gasteiger partial charge >= 0.3 is 0 Å². The summed E-state index contributed by atoms with van der Waals surface area (Å²) >= 11 is 0. The number of benzene rings is 1. The minimum Gasteiger partial charge on any atom is -0.325 e. The number of nitrogens with one attached hydrogen (secondary N) is 2. The highest BCUT2D eigenvalue weighted by atomic mass is 16.2. The third-order valence-corrected chi connectivity index (χ3v) is 3.61. The second-order valence-corrected chi connectivity index (χ2v) is 5.34. The van der Waals surface area contributed by atoms with Crippen LogP contribution >= 0.6 is 0 Å². The van der Waals surface area contributed by atoms with Crippen LogP contribution in [0.4, 0.5) is 5.69 Å². The maximum Gasteiger partial charge on any atom is 0.238 e. The number of aryl methyl sites for hydroxylation is 1. The summed E-state index contributed by atoms with van der Waals surface area (Å²) in [6, 6.07) is 8.09. The number of carbonyl (C=O) groups excluding carboxylic acids is 1. The van der Waals surface area contributed by atoms with E-state index in [0.717, 1.165) is 51.1 Å². The van der Waals surface area contributed by atoms with Crippen LogP contribution in [0.3, 0.4) is 0 Å². The molecule has 4 nitrogen and oxygen atoms in total. The summed E-state index contributed by atoms with van der Waals surface area (Å²) < 4.78 is 0. The van der Waals surface area contributed by atoms with E-state index in [0.29, 0.717) is 6.54 Å². The van der Waals surface area contributed by atoms with Crippen molar-refractivity contribution in [2.24, 2.45) is 0 Å². The van der Waals surface area contributed by atoms with Crippen LogP contribution in [0.5, 0.6) is 0 Å². The smallest absolute Gasteiger partial charge is 0.238 e. The first-order valence-corrected chi connectivity index (χ1v) is 7.60. The summed E-state index contributed by atoms with van der Waals surface area (Å²) in [6.07, 6.45) is 3.20. The Bertz CT molecular complexity index is 425. The molecule has 0 aromatic heterocycles. The Kier molecular flexibility index (Phi) is 6.02. The summed E-state index contributed by atoms with van der Waals surface area (Å²) in [4.78, 5) is 14.4. The van der Waals surface area contributed by atoms with Gasteiger partial charge in [0, 0.05) is 18.8 Å². The molecule has 0 atom stereocenters. The maximum atomic E-state index is 12.2. The molecule has 1 saturated heterocycles. The van der Waals surface area contributed by atoms with Crippen molar-refractivity contribution in [3.05, 3.63) is 29.8 Å². The van der Waals surface area contributed by atoms with Crippen molar-refractivity contribution >= 4 is 11.6 Å². The number of amides is 1. The number of carbonyl (C=O) groups is 1. The van der Waals surface area contributed by atoms with E-state index in [-0.39, 0.29) is 5.91 Å². The zero-order valence-corrected chi connectivity index (χ0v) is 12.3. The molecule has 20 heavy (non-hydrogen) atoms. The molecular formula is C16H25N3O. The zero-order valence-electron chi connectivity index (χ0n) is 12.3. The van der Waals surface area contributed by atoms with E-state index in [4.69, 9.17) is 0 Å². The summed E-state index contributed by atoms with van der Waals surface area (Å²) in [5, 5.41) is 6.41. The molecule has 1 aliphatic rings. The summed E-state index contributed by atoms with van der Waals surface area (Å²) in [7, 11) is 0. The fraction of sp³-hybridized carbons (Fsp3) is 0.562. The zero-order chi connectivity index (χ0) is 14.2. The van der Waals surface area contributed by atoms with Crippen molar-refractivity contribution in [2.45, 2.75) is 26.2 Å². The molecule has 0 bridgehead atoms.